The Morgan fingerprint density at radius 2 is 1.95 bits per heavy atom. The van der Waals surface area contributed by atoms with Gasteiger partial charge in [-0.15, -0.1) is 11.3 Å². The number of thiophene rings is 1. The summed E-state index contributed by atoms with van der Waals surface area (Å²) in [5, 5.41) is 13.9. The van der Waals surface area contributed by atoms with Crippen LogP contribution in [0.15, 0.2) is 36.4 Å². The van der Waals surface area contributed by atoms with Gasteiger partial charge in [0.1, 0.15) is 0 Å². The zero-order valence-electron chi connectivity index (χ0n) is 10.9. The molecule has 0 spiro atoms. The van der Waals surface area contributed by atoms with E-state index in [1.165, 1.54) is 21.9 Å². The van der Waals surface area contributed by atoms with Crippen LogP contribution in [0, 0.1) is 17.0 Å². The molecule has 100 valence electrons. The zero-order valence-corrected chi connectivity index (χ0v) is 11.7. The number of hydrogen-bond acceptors (Lipinski definition) is 4. The highest BCUT2D eigenvalue weighted by Crippen LogP contribution is 2.20. The molecule has 0 aliphatic heterocycles. The number of nitrogens with zero attached hydrogens (tertiary/aromatic N) is 1. The smallest absolute Gasteiger partial charge is 0.269 e. The molecular formula is C14H16N2O2S. The second kappa shape index (κ2) is 5.84. The topological polar surface area (TPSA) is 55.2 Å². The molecule has 0 fully saturated rings. The minimum Gasteiger partial charge on any atom is -0.382 e. The molecule has 0 bridgehead atoms. The lowest BCUT2D eigenvalue weighted by Gasteiger charge is -2.14. The summed E-state index contributed by atoms with van der Waals surface area (Å²) in [7, 11) is 0. The van der Waals surface area contributed by atoms with Crippen LogP contribution >= 0.6 is 11.3 Å². The van der Waals surface area contributed by atoms with E-state index in [-0.39, 0.29) is 10.6 Å². The first kappa shape index (κ1) is 13.5. The molecule has 0 saturated carbocycles. The largest absolute Gasteiger partial charge is 0.382 e. The molecule has 1 unspecified atom stereocenters. The van der Waals surface area contributed by atoms with E-state index in [0.717, 1.165) is 12.1 Å². The highest BCUT2D eigenvalue weighted by Gasteiger charge is 2.07. The van der Waals surface area contributed by atoms with Gasteiger partial charge in [-0.1, -0.05) is 0 Å². The van der Waals surface area contributed by atoms with Crippen LogP contribution in [0.4, 0.5) is 11.4 Å². The summed E-state index contributed by atoms with van der Waals surface area (Å²) < 4.78 is 0. The van der Waals surface area contributed by atoms with E-state index >= 15 is 0 Å². The molecule has 0 radical (unpaired) electrons. The maximum atomic E-state index is 10.6. The van der Waals surface area contributed by atoms with Gasteiger partial charge >= 0.3 is 0 Å². The maximum absolute atomic E-state index is 10.6. The number of aryl methyl sites for hydroxylation is 1. The normalized spacial score (nSPS) is 12.1. The molecule has 1 aromatic carbocycles. The fourth-order valence-electron chi connectivity index (χ4n) is 1.91. The molecule has 2 rings (SSSR count). The Kier molecular flexibility index (Phi) is 4.16. The van der Waals surface area contributed by atoms with Crippen molar-refractivity contribution >= 4 is 22.7 Å². The first-order valence-electron chi connectivity index (χ1n) is 6.11. The summed E-state index contributed by atoms with van der Waals surface area (Å²) in [6.45, 7) is 4.21. The van der Waals surface area contributed by atoms with Crippen molar-refractivity contribution in [1.29, 1.82) is 0 Å². The van der Waals surface area contributed by atoms with Gasteiger partial charge < -0.3 is 5.32 Å². The van der Waals surface area contributed by atoms with Gasteiger partial charge in [-0.25, -0.2) is 0 Å². The van der Waals surface area contributed by atoms with Crippen LogP contribution < -0.4 is 5.32 Å². The number of non-ortho nitro benzene ring substituents is 1. The Balaban J connectivity index is 1.94. The molecule has 19 heavy (non-hydrogen) atoms. The van der Waals surface area contributed by atoms with E-state index in [1.54, 1.807) is 23.5 Å². The average Bonchev–Trinajstić information content (AvgIpc) is 2.75. The summed E-state index contributed by atoms with van der Waals surface area (Å²) in [6, 6.07) is 11.1. The first-order chi connectivity index (χ1) is 9.04. The molecular weight excluding hydrogens is 260 g/mol. The Bertz CT molecular complexity index is 563. The third-order valence-electron chi connectivity index (χ3n) is 2.79. The number of nitro benzene ring substituents is 1. The monoisotopic (exact) mass is 276 g/mol. The molecule has 0 aliphatic carbocycles. The van der Waals surface area contributed by atoms with E-state index < -0.39 is 0 Å². The molecule has 4 nitrogen and oxygen atoms in total. The van der Waals surface area contributed by atoms with E-state index in [2.05, 4.69) is 31.3 Å². The van der Waals surface area contributed by atoms with Crippen molar-refractivity contribution in [2.45, 2.75) is 26.3 Å². The summed E-state index contributed by atoms with van der Waals surface area (Å²) in [4.78, 5) is 12.8. The number of anilines is 1. The second-order valence-electron chi connectivity index (χ2n) is 4.57. The zero-order chi connectivity index (χ0) is 13.8. The molecule has 2 aromatic rings. The van der Waals surface area contributed by atoms with Crippen molar-refractivity contribution < 1.29 is 4.92 Å². The quantitative estimate of drug-likeness (QED) is 0.663. The highest BCUT2D eigenvalue weighted by atomic mass is 32.1. The van der Waals surface area contributed by atoms with E-state index in [4.69, 9.17) is 0 Å². The number of rotatable bonds is 5. The SMILES string of the molecule is Cc1ccc(CC(C)Nc2ccc([N+](=O)[O-])cc2)s1. The predicted molar refractivity (Wildman–Crippen MR) is 78.9 cm³/mol. The van der Waals surface area contributed by atoms with Gasteiger partial charge in [0.2, 0.25) is 0 Å². The first-order valence-corrected chi connectivity index (χ1v) is 6.92. The predicted octanol–water partition coefficient (Wildman–Crippen LogP) is 4.01. The van der Waals surface area contributed by atoms with Crippen molar-refractivity contribution in [3.8, 4) is 0 Å². The number of benzene rings is 1. The van der Waals surface area contributed by atoms with Crippen molar-refractivity contribution in [3.63, 3.8) is 0 Å². The summed E-state index contributed by atoms with van der Waals surface area (Å²) in [5.41, 5.74) is 1.03. The molecule has 5 heteroatoms. The van der Waals surface area contributed by atoms with Crippen molar-refractivity contribution in [2.24, 2.45) is 0 Å². The van der Waals surface area contributed by atoms with Crippen LogP contribution in [0.3, 0.4) is 0 Å². The molecule has 1 N–H and O–H groups in total. The summed E-state index contributed by atoms with van der Waals surface area (Å²) in [6.07, 6.45) is 0.954. The van der Waals surface area contributed by atoms with Crippen LogP contribution in [0.5, 0.6) is 0 Å². The fourth-order valence-corrected chi connectivity index (χ4v) is 2.93. The number of nitro groups is 1. The lowest BCUT2D eigenvalue weighted by atomic mass is 10.2. The van der Waals surface area contributed by atoms with Gasteiger partial charge in [0, 0.05) is 40.0 Å². The van der Waals surface area contributed by atoms with E-state index in [0.29, 0.717) is 6.04 Å². The van der Waals surface area contributed by atoms with Gasteiger partial charge in [0.05, 0.1) is 4.92 Å². The maximum Gasteiger partial charge on any atom is 0.269 e. The van der Waals surface area contributed by atoms with Gasteiger partial charge in [0.25, 0.3) is 5.69 Å². The van der Waals surface area contributed by atoms with Crippen molar-refractivity contribution in [3.05, 3.63) is 56.3 Å². The molecule has 0 amide bonds. The Hall–Kier alpha value is -1.88. The number of hydrogen-bond donors (Lipinski definition) is 1. The standard InChI is InChI=1S/C14H16N2O2S/c1-10(9-14-8-3-11(2)19-14)15-12-4-6-13(7-5-12)16(17)18/h3-8,10,15H,9H2,1-2H3. The average molecular weight is 276 g/mol. The van der Waals surface area contributed by atoms with Gasteiger partial charge in [-0.2, -0.15) is 0 Å². The van der Waals surface area contributed by atoms with E-state index in [1.807, 2.05) is 0 Å². The van der Waals surface area contributed by atoms with Crippen LogP contribution in [0.1, 0.15) is 16.7 Å². The molecule has 0 saturated heterocycles. The minimum atomic E-state index is -0.387. The van der Waals surface area contributed by atoms with Gasteiger partial charge in [-0.05, 0) is 38.1 Å². The molecule has 1 aromatic heterocycles. The molecule has 1 heterocycles. The third-order valence-corrected chi connectivity index (χ3v) is 3.82. The fraction of sp³-hybridized carbons (Fsp3) is 0.286. The molecule has 0 aliphatic rings. The van der Waals surface area contributed by atoms with Crippen LogP contribution in [0.2, 0.25) is 0 Å². The third kappa shape index (κ3) is 3.79. The van der Waals surface area contributed by atoms with Crippen LogP contribution in [0.25, 0.3) is 0 Å². The highest BCUT2D eigenvalue weighted by molar-refractivity contribution is 7.11. The van der Waals surface area contributed by atoms with Gasteiger partial charge in [-0.3, -0.25) is 10.1 Å². The number of nitrogens with one attached hydrogen (secondary N) is 1. The Morgan fingerprint density at radius 1 is 1.26 bits per heavy atom. The Morgan fingerprint density at radius 3 is 2.47 bits per heavy atom. The van der Waals surface area contributed by atoms with Crippen LogP contribution in [-0.2, 0) is 6.42 Å². The lowest BCUT2D eigenvalue weighted by Crippen LogP contribution is -2.17. The lowest BCUT2D eigenvalue weighted by molar-refractivity contribution is -0.384. The minimum absolute atomic E-state index is 0.118. The molecule has 1 atom stereocenters. The van der Waals surface area contributed by atoms with Crippen molar-refractivity contribution in [2.75, 3.05) is 5.32 Å². The van der Waals surface area contributed by atoms with Crippen molar-refractivity contribution in [1.82, 2.24) is 0 Å². The second-order valence-corrected chi connectivity index (χ2v) is 5.94. The summed E-state index contributed by atoms with van der Waals surface area (Å²) in [5.74, 6) is 0. The van der Waals surface area contributed by atoms with Crippen LogP contribution in [-0.4, -0.2) is 11.0 Å². The summed E-state index contributed by atoms with van der Waals surface area (Å²) >= 11 is 1.80. The Labute approximate surface area is 116 Å². The van der Waals surface area contributed by atoms with Gasteiger partial charge in [0.15, 0.2) is 0 Å². The van der Waals surface area contributed by atoms with E-state index in [9.17, 15) is 10.1 Å².